The Labute approximate surface area is 107 Å². The van der Waals surface area contributed by atoms with Gasteiger partial charge in [-0.2, -0.15) is 0 Å². The summed E-state index contributed by atoms with van der Waals surface area (Å²) in [5, 5.41) is 8.98. The maximum atomic E-state index is 10.9. The van der Waals surface area contributed by atoms with Gasteiger partial charge < -0.3 is 5.11 Å². The van der Waals surface area contributed by atoms with Gasteiger partial charge in [-0.15, -0.1) is 11.8 Å². The predicted octanol–water partition coefficient (Wildman–Crippen LogP) is 3.98. The first-order valence-electron chi connectivity index (χ1n) is 5.85. The summed E-state index contributed by atoms with van der Waals surface area (Å²) in [6.45, 7) is 5.64. The zero-order chi connectivity index (χ0) is 12.9. The fourth-order valence-electron chi connectivity index (χ4n) is 1.45. The first kappa shape index (κ1) is 14.1. The minimum atomic E-state index is -0.710. The summed E-state index contributed by atoms with van der Waals surface area (Å²) in [6.07, 6.45) is 1.65. The van der Waals surface area contributed by atoms with Crippen molar-refractivity contribution in [2.24, 2.45) is 5.41 Å². The second-order valence-electron chi connectivity index (χ2n) is 4.95. The highest BCUT2D eigenvalue weighted by Gasteiger charge is 2.25. The summed E-state index contributed by atoms with van der Waals surface area (Å²) in [5.41, 5.74) is 0.662. The Kier molecular flexibility index (Phi) is 5.06. The van der Waals surface area contributed by atoms with Crippen molar-refractivity contribution in [3.05, 3.63) is 29.8 Å². The van der Waals surface area contributed by atoms with Crippen molar-refractivity contribution in [1.29, 1.82) is 0 Å². The van der Waals surface area contributed by atoms with Gasteiger partial charge in [0.25, 0.3) is 0 Å². The van der Waals surface area contributed by atoms with E-state index in [2.05, 4.69) is 31.2 Å². The fraction of sp³-hybridized carbons (Fsp3) is 0.500. The quantitative estimate of drug-likeness (QED) is 0.614. The molecule has 1 rings (SSSR count). The van der Waals surface area contributed by atoms with Crippen molar-refractivity contribution in [3.8, 4) is 0 Å². The molecule has 0 radical (unpaired) electrons. The average Bonchev–Trinajstić information content (AvgIpc) is 2.26. The smallest absolute Gasteiger partial charge is 0.309 e. The van der Waals surface area contributed by atoms with E-state index >= 15 is 0 Å². The van der Waals surface area contributed by atoms with Crippen LogP contribution in [0.15, 0.2) is 29.2 Å². The van der Waals surface area contributed by atoms with Gasteiger partial charge >= 0.3 is 5.97 Å². The summed E-state index contributed by atoms with van der Waals surface area (Å²) in [5.74, 6) is 0.262. The molecular formula is C14H20O2S. The number of carbonyl (C=O) groups is 1. The number of thioether (sulfide) groups is 1. The number of carboxylic acids is 1. The predicted molar refractivity (Wildman–Crippen MR) is 72.6 cm³/mol. The lowest BCUT2D eigenvalue weighted by molar-refractivity contribution is -0.147. The summed E-state index contributed by atoms with van der Waals surface area (Å²) >= 11 is 1.79. The standard InChI is InChI=1S/C14H20O2S/c1-11-5-7-12(8-6-11)17-10-4-9-14(2,3)13(15)16/h5-8H,4,9-10H2,1-3H3,(H,15,16). The van der Waals surface area contributed by atoms with Crippen LogP contribution in [0.2, 0.25) is 0 Å². The lowest BCUT2D eigenvalue weighted by atomic mass is 9.88. The average molecular weight is 252 g/mol. The minimum absolute atomic E-state index is 0.603. The monoisotopic (exact) mass is 252 g/mol. The molecule has 0 aliphatic heterocycles. The fourth-order valence-corrected chi connectivity index (χ4v) is 2.30. The van der Waals surface area contributed by atoms with Gasteiger partial charge in [0.15, 0.2) is 0 Å². The molecule has 3 heteroatoms. The van der Waals surface area contributed by atoms with Crippen LogP contribution in [0.25, 0.3) is 0 Å². The number of hydrogen-bond acceptors (Lipinski definition) is 2. The molecular weight excluding hydrogens is 232 g/mol. The Bertz CT molecular complexity index is 368. The second-order valence-corrected chi connectivity index (χ2v) is 6.12. The van der Waals surface area contributed by atoms with E-state index in [0.717, 1.165) is 18.6 Å². The SMILES string of the molecule is Cc1ccc(SCCCC(C)(C)C(=O)O)cc1. The molecule has 94 valence electrons. The third-order valence-electron chi connectivity index (χ3n) is 2.81. The van der Waals surface area contributed by atoms with E-state index in [9.17, 15) is 4.79 Å². The van der Waals surface area contributed by atoms with Crippen LogP contribution in [0.3, 0.4) is 0 Å². The van der Waals surface area contributed by atoms with Crippen molar-refractivity contribution < 1.29 is 9.90 Å². The minimum Gasteiger partial charge on any atom is -0.481 e. The topological polar surface area (TPSA) is 37.3 Å². The Morgan fingerprint density at radius 1 is 1.29 bits per heavy atom. The Morgan fingerprint density at radius 3 is 2.41 bits per heavy atom. The van der Waals surface area contributed by atoms with Gasteiger partial charge in [-0.25, -0.2) is 0 Å². The van der Waals surface area contributed by atoms with Crippen molar-refractivity contribution in [3.63, 3.8) is 0 Å². The van der Waals surface area contributed by atoms with E-state index < -0.39 is 11.4 Å². The summed E-state index contributed by atoms with van der Waals surface area (Å²) < 4.78 is 0. The van der Waals surface area contributed by atoms with Crippen LogP contribution < -0.4 is 0 Å². The van der Waals surface area contributed by atoms with E-state index in [1.54, 1.807) is 25.6 Å². The van der Waals surface area contributed by atoms with Gasteiger partial charge in [0.2, 0.25) is 0 Å². The van der Waals surface area contributed by atoms with E-state index in [1.165, 1.54) is 10.5 Å². The van der Waals surface area contributed by atoms with Gasteiger partial charge in [-0.1, -0.05) is 17.7 Å². The molecule has 1 aromatic carbocycles. The van der Waals surface area contributed by atoms with Gasteiger partial charge in [0.05, 0.1) is 5.41 Å². The third kappa shape index (κ3) is 4.82. The highest BCUT2D eigenvalue weighted by Crippen LogP contribution is 2.26. The van der Waals surface area contributed by atoms with Crippen LogP contribution in [-0.2, 0) is 4.79 Å². The molecule has 1 N–H and O–H groups in total. The van der Waals surface area contributed by atoms with Crippen molar-refractivity contribution in [2.75, 3.05) is 5.75 Å². The number of rotatable bonds is 6. The second kappa shape index (κ2) is 6.10. The third-order valence-corrected chi connectivity index (χ3v) is 3.91. The van der Waals surface area contributed by atoms with E-state index in [-0.39, 0.29) is 0 Å². The molecule has 0 aliphatic carbocycles. The molecule has 0 aromatic heterocycles. The van der Waals surface area contributed by atoms with Crippen molar-refractivity contribution >= 4 is 17.7 Å². The summed E-state index contributed by atoms with van der Waals surface area (Å²) in [4.78, 5) is 12.2. The van der Waals surface area contributed by atoms with E-state index in [4.69, 9.17) is 5.11 Å². The highest BCUT2D eigenvalue weighted by atomic mass is 32.2. The van der Waals surface area contributed by atoms with Gasteiger partial charge in [-0.3, -0.25) is 4.79 Å². The zero-order valence-electron chi connectivity index (χ0n) is 10.7. The normalized spacial score (nSPS) is 11.5. The zero-order valence-corrected chi connectivity index (χ0v) is 11.5. The molecule has 0 saturated heterocycles. The summed E-state index contributed by atoms with van der Waals surface area (Å²) in [7, 11) is 0. The molecule has 1 aromatic rings. The molecule has 0 saturated carbocycles. The Morgan fingerprint density at radius 2 is 1.88 bits per heavy atom. The molecule has 17 heavy (non-hydrogen) atoms. The highest BCUT2D eigenvalue weighted by molar-refractivity contribution is 7.99. The maximum Gasteiger partial charge on any atom is 0.309 e. The van der Waals surface area contributed by atoms with E-state index in [0.29, 0.717) is 0 Å². The van der Waals surface area contributed by atoms with Crippen LogP contribution in [0.1, 0.15) is 32.3 Å². The van der Waals surface area contributed by atoms with Crippen LogP contribution in [0, 0.1) is 12.3 Å². The van der Waals surface area contributed by atoms with Gasteiger partial charge in [0.1, 0.15) is 0 Å². The van der Waals surface area contributed by atoms with Crippen molar-refractivity contribution in [1.82, 2.24) is 0 Å². The number of carboxylic acid groups (broad SMARTS) is 1. The first-order chi connectivity index (χ1) is 7.92. The molecule has 0 atom stereocenters. The molecule has 0 bridgehead atoms. The van der Waals surface area contributed by atoms with E-state index in [1.807, 2.05) is 0 Å². The Hall–Kier alpha value is -0.960. The Balaban J connectivity index is 2.29. The van der Waals surface area contributed by atoms with Gasteiger partial charge in [-0.05, 0) is 51.5 Å². The molecule has 0 fully saturated rings. The van der Waals surface area contributed by atoms with Crippen LogP contribution >= 0.6 is 11.8 Å². The van der Waals surface area contributed by atoms with Crippen LogP contribution in [0.5, 0.6) is 0 Å². The van der Waals surface area contributed by atoms with Crippen molar-refractivity contribution in [2.45, 2.75) is 38.5 Å². The number of benzene rings is 1. The number of aryl methyl sites for hydroxylation is 1. The molecule has 0 unspecified atom stereocenters. The molecule has 0 heterocycles. The number of aliphatic carboxylic acids is 1. The van der Waals surface area contributed by atoms with Crippen LogP contribution in [-0.4, -0.2) is 16.8 Å². The molecule has 2 nitrogen and oxygen atoms in total. The van der Waals surface area contributed by atoms with Crippen LogP contribution in [0.4, 0.5) is 0 Å². The number of hydrogen-bond donors (Lipinski definition) is 1. The molecule has 0 aliphatic rings. The summed E-state index contributed by atoms with van der Waals surface area (Å²) in [6, 6.07) is 8.43. The molecule has 0 amide bonds. The van der Waals surface area contributed by atoms with Gasteiger partial charge in [0, 0.05) is 4.90 Å². The lowest BCUT2D eigenvalue weighted by Gasteiger charge is -2.18. The lowest BCUT2D eigenvalue weighted by Crippen LogP contribution is -2.23. The largest absolute Gasteiger partial charge is 0.481 e. The first-order valence-corrected chi connectivity index (χ1v) is 6.83. The maximum absolute atomic E-state index is 10.9. The molecule has 0 spiro atoms.